The molecule has 19 heavy (non-hydrogen) atoms. The molecule has 1 aromatic carbocycles. The van der Waals surface area contributed by atoms with E-state index in [0.29, 0.717) is 5.92 Å². The van der Waals surface area contributed by atoms with Gasteiger partial charge >= 0.3 is 0 Å². The van der Waals surface area contributed by atoms with Crippen LogP contribution in [0.2, 0.25) is 0 Å². The minimum atomic E-state index is -0.505. The highest BCUT2D eigenvalue weighted by Crippen LogP contribution is 2.39. The van der Waals surface area contributed by atoms with Gasteiger partial charge in [0.2, 0.25) is 0 Å². The zero-order chi connectivity index (χ0) is 13.4. The van der Waals surface area contributed by atoms with Gasteiger partial charge in [-0.15, -0.1) is 11.3 Å². The van der Waals surface area contributed by atoms with Gasteiger partial charge in [0.25, 0.3) is 0 Å². The van der Waals surface area contributed by atoms with Crippen LogP contribution < -0.4 is 0 Å². The van der Waals surface area contributed by atoms with E-state index in [1.54, 1.807) is 11.3 Å². The predicted molar refractivity (Wildman–Crippen MR) is 83.9 cm³/mol. The van der Waals surface area contributed by atoms with Gasteiger partial charge in [-0.2, -0.15) is 0 Å². The van der Waals surface area contributed by atoms with E-state index in [9.17, 15) is 5.11 Å². The largest absolute Gasteiger partial charge is 0.383 e. The first-order valence-electron chi connectivity index (χ1n) is 6.69. The summed E-state index contributed by atoms with van der Waals surface area (Å²) in [4.78, 5) is 1.01. The summed E-state index contributed by atoms with van der Waals surface area (Å²) in [6.45, 7) is 2.06. The van der Waals surface area contributed by atoms with Crippen molar-refractivity contribution in [3.8, 4) is 0 Å². The summed E-state index contributed by atoms with van der Waals surface area (Å²) in [6, 6.07) is 10.5. The molecule has 2 aromatic rings. The standard InChI is InChI=1S/C16H17BrOS/c1-10-8-14(19-16(10)17)15(18)13-7-3-6-12(9-13)11-4-2-5-11/h3,6-9,11,15,18H,2,4-5H2,1H3. The number of hydrogen-bond donors (Lipinski definition) is 1. The number of rotatable bonds is 3. The first-order valence-corrected chi connectivity index (χ1v) is 8.30. The lowest BCUT2D eigenvalue weighted by Gasteiger charge is -2.26. The minimum Gasteiger partial charge on any atom is -0.383 e. The Balaban J connectivity index is 1.88. The average Bonchev–Trinajstić information content (AvgIpc) is 2.67. The molecule has 3 rings (SSSR count). The Morgan fingerprint density at radius 3 is 2.68 bits per heavy atom. The summed E-state index contributed by atoms with van der Waals surface area (Å²) >= 11 is 5.14. The van der Waals surface area contributed by atoms with Gasteiger partial charge in [0.05, 0.1) is 3.79 Å². The maximum atomic E-state index is 10.5. The Labute approximate surface area is 126 Å². The molecule has 3 heteroatoms. The molecule has 1 aromatic heterocycles. The van der Waals surface area contributed by atoms with E-state index in [2.05, 4.69) is 47.1 Å². The van der Waals surface area contributed by atoms with Crippen molar-refractivity contribution in [2.45, 2.75) is 38.2 Å². The van der Waals surface area contributed by atoms with Gasteiger partial charge in [0.1, 0.15) is 6.10 Å². The normalized spacial score (nSPS) is 17.2. The first-order chi connectivity index (χ1) is 9.15. The number of halogens is 1. The maximum absolute atomic E-state index is 10.5. The molecule has 0 amide bonds. The number of benzene rings is 1. The molecule has 1 saturated carbocycles. The van der Waals surface area contributed by atoms with Crippen molar-refractivity contribution >= 4 is 27.3 Å². The van der Waals surface area contributed by atoms with Crippen molar-refractivity contribution in [2.24, 2.45) is 0 Å². The fourth-order valence-electron chi connectivity index (χ4n) is 2.51. The second kappa shape index (κ2) is 5.39. The van der Waals surface area contributed by atoms with Crippen molar-refractivity contribution in [1.29, 1.82) is 0 Å². The molecule has 1 unspecified atom stereocenters. The molecular formula is C16H17BrOS. The third-order valence-electron chi connectivity index (χ3n) is 3.95. The highest BCUT2D eigenvalue weighted by molar-refractivity contribution is 9.11. The van der Waals surface area contributed by atoms with Crippen molar-refractivity contribution < 1.29 is 5.11 Å². The van der Waals surface area contributed by atoms with Crippen LogP contribution in [0.3, 0.4) is 0 Å². The minimum absolute atomic E-state index is 0.505. The molecule has 1 fully saturated rings. The molecule has 100 valence electrons. The Bertz CT molecular complexity index is 567. The number of aliphatic hydroxyl groups is 1. The lowest BCUT2D eigenvalue weighted by Crippen LogP contribution is -2.09. The highest BCUT2D eigenvalue weighted by atomic mass is 79.9. The van der Waals surface area contributed by atoms with Crippen molar-refractivity contribution in [1.82, 2.24) is 0 Å². The molecule has 1 nitrogen and oxygen atoms in total. The number of aryl methyl sites for hydroxylation is 1. The van der Waals surface area contributed by atoms with Crippen molar-refractivity contribution in [3.63, 3.8) is 0 Å². The fourth-order valence-corrected chi connectivity index (χ4v) is 4.09. The molecule has 0 bridgehead atoms. The van der Waals surface area contributed by atoms with Gasteiger partial charge in [0.15, 0.2) is 0 Å². The van der Waals surface area contributed by atoms with Crippen molar-refractivity contribution in [3.05, 3.63) is 55.7 Å². The Morgan fingerprint density at radius 2 is 2.11 bits per heavy atom. The summed E-state index contributed by atoms with van der Waals surface area (Å²) in [5.41, 5.74) is 3.59. The van der Waals surface area contributed by atoms with E-state index in [0.717, 1.165) is 14.2 Å². The van der Waals surface area contributed by atoms with Crippen molar-refractivity contribution in [2.75, 3.05) is 0 Å². The van der Waals surface area contributed by atoms with Crippen LogP contribution >= 0.6 is 27.3 Å². The summed E-state index contributed by atoms with van der Waals surface area (Å²) < 4.78 is 1.11. The van der Waals surface area contributed by atoms with Crippen LogP contribution in [0.4, 0.5) is 0 Å². The van der Waals surface area contributed by atoms with E-state index < -0.39 is 6.10 Å². The fraction of sp³-hybridized carbons (Fsp3) is 0.375. The molecule has 1 atom stereocenters. The van der Waals surface area contributed by atoms with E-state index in [1.165, 1.54) is 30.4 Å². The van der Waals surface area contributed by atoms with Gasteiger partial charge < -0.3 is 5.11 Å². The molecular weight excluding hydrogens is 320 g/mol. The number of aliphatic hydroxyl groups excluding tert-OH is 1. The molecule has 0 spiro atoms. The van der Waals surface area contributed by atoms with E-state index >= 15 is 0 Å². The van der Waals surface area contributed by atoms with Gasteiger partial charge in [-0.25, -0.2) is 0 Å². The molecule has 1 N–H and O–H groups in total. The average molecular weight is 337 g/mol. The van der Waals surface area contributed by atoms with Gasteiger partial charge in [0, 0.05) is 4.88 Å². The van der Waals surface area contributed by atoms with Gasteiger partial charge in [-0.3, -0.25) is 0 Å². The van der Waals surface area contributed by atoms with Crippen LogP contribution in [0.25, 0.3) is 0 Å². The van der Waals surface area contributed by atoms with Gasteiger partial charge in [-0.05, 0) is 64.4 Å². The second-order valence-corrected chi connectivity index (χ2v) is 7.71. The highest BCUT2D eigenvalue weighted by Gasteiger charge is 2.21. The van der Waals surface area contributed by atoms with Crippen LogP contribution in [-0.4, -0.2) is 5.11 Å². The molecule has 0 aliphatic heterocycles. The zero-order valence-electron chi connectivity index (χ0n) is 10.9. The second-order valence-electron chi connectivity index (χ2n) is 5.31. The molecule has 1 heterocycles. The van der Waals surface area contributed by atoms with E-state index in [1.807, 2.05) is 6.07 Å². The van der Waals surface area contributed by atoms with Crippen LogP contribution in [0.15, 0.2) is 34.1 Å². The maximum Gasteiger partial charge on any atom is 0.113 e. The Morgan fingerprint density at radius 1 is 1.32 bits per heavy atom. The zero-order valence-corrected chi connectivity index (χ0v) is 13.3. The Hall–Kier alpha value is -0.640. The van der Waals surface area contributed by atoms with Gasteiger partial charge in [-0.1, -0.05) is 30.7 Å². The van der Waals surface area contributed by atoms with E-state index in [4.69, 9.17) is 0 Å². The topological polar surface area (TPSA) is 20.2 Å². The van der Waals surface area contributed by atoms with Crippen LogP contribution in [0.5, 0.6) is 0 Å². The van der Waals surface area contributed by atoms with E-state index in [-0.39, 0.29) is 0 Å². The smallest absolute Gasteiger partial charge is 0.113 e. The third-order valence-corrected chi connectivity index (χ3v) is 6.14. The number of thiophene rings is 1. The monoisotopic (exact) mass is 336 g/mol. The molecule has 1 aliphatic carbocycles. The molecule has 0 radical (unpaired) electrons. The summed E-state index contributed by atoms with van der Waals surface area (Å²) in [7, 11) is 0. The van der Waals surface area contributed by atoms with Crippen LogP contribution in [0.1, 0.15) is 52.9 Å². The predicted octanol–water partition coefficient (Wildman–Crippen LogP) is 5.17. The lowest BCUT2D eigenvalue weighted by molar-refractivity contribution is 0.224. The first kappa shape index (κ1) is 13.3. The van der Waals surface area contributed by atoms with Crippen LogP contribution in [-0.2, 0) is 0 Å². The van der Waals surface area contributed by atoms with Crippen LogP contribution in [0, 0.1) is 6.92 Å². The third kappa shape index (κ3) is 2.64. The molecule has 1 aliphatic rings. The summed E-state index contributed by atoms with van der Waals surface area (Å²) in [5.74, 6) is 0.712. The Kier molecular flexibility index (Phi) is 3.79. The molecule has 0 saturated heterocycles. The number of hydrogen-bond acceptors (Lipinski definition) is 2. The SMILES string of the molecule is Cc1cc(C(O)c2cccc(C3CCC3)c2)sc1Br. The quantitative estimate of drug-likeness (QED) is 0.819. The lowest BCUT2D eigenvalue weighted by atomic mass is 9.79. The summed E-state index contributed by atoms with van der Waals surface area (Å²) in [6.07, 6.45) is 3.43. The summed E-state index contributed by atoms with van der Waals surface area (Å²) in [5, 5.41) is 10.5.